The van der Waals surface area contributed by atoms with Crippen molar-refractivity contribution < 1.29 is 32.2 Å². The fourth-order valence-electron chi connectivity index (χ4n) is 3.65. The average Bonchev–Trinajstić information content (AvgIpc) is 3.26. The highest BCUT2D eigenvalue weighted by Gasteiger charge is 2.32. The zero-order chi connectivity index (χ0) is 25.9. The molecule has 3 aromatic rings. The Morgan fingerprint density at radius 3 is 2.61 bits per heavy atom. The van der Waals surface area contributed by atoms with Gasteiger partial charge in [0.05, 0.1) is 24.5 Å². The van der Waals surface area contributed by atoms with Gasteiger partial charge in [-0.2, -0.15) is 5.10 Å². The number of hydrogen-bond acceptors (Lipinski definition) is 6. The van der Waals surface area contributed by atoms with E-state index in [1.165, 1.54) is 17.0 Å². The first kappa shape index (κ1) is 25.0. The maximum atomic E-state index is 13.2. The normalized spacial score (nSPS) is 14.1. The van der Waals surface area contributed by atoms with Crippen LogP contribution in [0.15, 0.2) is 48.9 Å². The molecule has 3 heterocycles. The van der Waals surface area contributed by atoms with Crippen LogP contribution in [-0.2, 0) is 16.6 Å². The first-order valence-electron chi connectivity index (χ1n) is 10.9. The summed E-state index contributed by atoms with van der Waals surface area (Å²) in [4.78, 5) is 31.2. The van der Waals surface area contributed by atoms with Gasteiger partial charge in [0, 0.05) is 37.2 Å². The lowest BCUT2D eigenvalue weighted by atomic mass is 10.1. The molecular weight excluding hydrogens is 481 g/mol. The number of pyridine rings is 1. The maximum Gasteiger partial charge on any atom is 0.573 e. The van der Waals surface area contributed by atoms with E-state index in [-0.39, 0.29) is 24.7 Å². The summed E-state index contributed by atoms with van der Waals surface area (Å²) in [5, 5.41) is 9.63. The number of aryl methyl sites for hydroxylation is 1. The summed E-state index contributed by atoms with van der Waals surface area (Å²) < 4.78 is 48.4. The van der Waals surface area contributed by atoms with Crippen LogP contribution in [0.1, 0.15) is 18.5 Å². The van der Waals surface area contributed by atoms with Crippen LogP contribution in [0, 0.1) is 0 Å². The van der Waals surface area contributed by atoms with Crippen molar-refractivity contribution in [3.05, 3.63) is 54.5 Å². The minimum atomic E-state index is -4.81. The number of amides is 3. The zero-order valence-electron chi connectivity index (χ0n) is 19.4. The summed E-state index contributed by atoms with van der Waals surface area (Å²) in [6.07, 6.45) is 0.209. The first-order chi connectivity index (χ1) is 17.1. The van der Waals surface area contributed by atoms with Crippen LogP contribution in [0.2, 0.25) is 0 Å². The molecule has 1 unspecified atom stereocenters. The van der Waals surface area contributed by atoms with Gasteiger partial charge in [-0.05, 0) is 30.7 Å². The highest BCUT2D eigenvalue weighted by atomic mass is 19.4. The van der Waals surface area contributed by atoms with E-state index in [1.807, 2.05) is 0 Å². The molecule has 0 saturated carbocycles. The van der Waals surface area contributed by atoms with E-state index in [1.54, 1.807) is 43.3 Å². The number of ether oxygens (including phenoxy) is 2. The molecule has 36 heavy (non-hydrogen) atoms. The summed E-state index contributed by atoms with van der Waals surface area (Å²) >= 11 is 0. The Morgan fingerprint density at radius 1 is 1.22 bits per heavy atom. The number of benzene rings is 1. The van der Waals surface area contributed by atoms with Crippen LogP contribution in [-0.4, -0.2) is 52.8 Å². The van der Waals surface area contributed by atoms with E-state index in [2.05, 4.69) is 25.5 Å². The van der Waals surface area contributed by atoms with E-state index in [4.69, 9.17) is 4.74 Å². The van der Waals surface area contributed by atoms with Crippen molar-refractivity contribution in [1.82, 2.24) is 20.1 Å². The van der Waals surface area contributed by atoms with Crippen molar-refractivity contribution in [2.75, 3.05) is 30.0 Å². The quantitative estimate of drug-likeness (QED) is 0.509. The molecule has 13 heteroatoms. The van der Waals surface area contributed by atoms with Crippen molar-refractivity contribution in [1.29, 1.82) is 0 Å². The number of anilines is 2. The summed E-state index contributed by atoms with van der Waals surface area (Å²) in [7, 11) is 1.78. The van der Waals surface area contributed by atoms with Gasteiger partial charge in [-0.3, -0.25) is 14.4 Å². The molecule has 0 aliphatic carbocycles. The Hall–Kier alpha value is -4.13. The van der Waals surface area contributed by atoms with E-state index in [9.17, 15) is 22.8 Å². The van der Waals surface area contributed by atoms with Gasteiger partial charge >= 0.3 is 12.4 Å². The van der Waals surface area contributed by atoms with E-state index < -0.39 is 24.3 Å². The second-order valence-corrected chi connectivity index (χ2v) is 7.91. The summed E-state index contributed by atoms with van der Waals surface area (Å²) in [5.74, 6) is -0.537. The lowest BCUT2D eigenvalue weighted by Gasteiger charge is -2.30. The van der Waals surface area contributed by atoms with Gasteiger partial charge in [0.15, 0.2) is 5.82 Å². The van der Waals surface area contributed by atoms with Gasteiger partial charge in [0.1, 0.15) is 12.3 Å². The fourth-order valence-corrected chi connectivity index (χ4v) is 3.65. The molecule has 3 amide bonds. The van der Waals surface area contributed by atoms with Gasteiger partial charge in [-0.25, -0.2) is 9.78 Å². The smallest absolute Gasteiger partial charge is 0.406 e. The van der Waals surface area contributed by atoms with Crippen LogP contribution < -0.4 is 20.3 Å². The Morgan fingerprint density at radius 2 is 1.97 bits per heavy atom. The van der Waals surface area contributed by atoms with Gasteiger partial charge in [0.25, 0.3) is 0 Å². The van der Waals surface area contributed by atoms with E-state index >= 15 is 0 Å². The molecule has 0 bridgehead atoms. The molecule has 1 atom stereocenters. The molecule has 190 valence electrons. The number of halogens is 3. The molecule has 2 N–H and O–H groups in total. The third-order valence-electron chi connectivity index (χ3n) is 5.28. The predicted molar refractivity (Wildman–Crippen MR) is 123 cm³/mol. The van der Waals surface area contributed by atoms with Crippen molar-refractivity contribution in [3.63, 3.8) is 0 Å². The van der Waals surface area contributed by atoms with Gasteiger partial charge in [-0.1, -0.05) is 12.1 Å². The third-order valence-corrected chi connectivity index (χ3v) is 5.28. The summed E-state index contributed by atoms with van der Waals surface area (Å²) in [6, 6.07) is 5.49. The van der Waals surface area contributed by atoms with E-state index in [0.717, 1.165) is 17.7 Å². The highest BCUT2D eigenvalue weighted by molar-refractivity contribution is 6.09. The fraction of sp³-hybridized carbons (Fsp3) is 0.304. The Labute approximate surface area is 204 Å². The Kier molecular flexibility index (Phi) is 7.10. The number of nitrogens with zero attached hydrogens (tertiary/aromatic N) is 4. The highest BCUT2D eigenvalue weighted by Crippen LogP contribution is 2.32. The zero-order valence-corrected chi connectivity index (χ0v) is 19.4. The standard InChI is InChI=1S/C23H23F3N6O4/c1-3-35-13-19(14-4-6-17(7-5-14)36-23(24,25)26)30-22(34)32-12-20(33)29-18-8-15(9-27-21(18)32)16-10-28-31(2)11-16/h4-11,19H,3,12-13H2,1-2H3,(H,29,33)(H,30,34). The number of hydrogen-bond donors (Lipinski definition) is 2. The van der Waals surface area contributed by atoms with Crippen LogP contribution >= 0.6 is 0 Å². The number of aromatic nitrogens is 3. The Bertz CT molecular complexity index is 1250. The average molecular weight is 504 g/mol. The minimum Gasteiger partial charge on any atom is -0.406 e. The minimum absolute atomic E-state index is 0.0575. The lowest BCUT2D eigenvalue weighted by Crippen LogP contribution is -2.49. The number of fused-ring (bicyclic) bond motifs is 1. The lowest BCUT2D eigenvalue weighted by molar-refractivity contribution is -0.274. The molecule has 1 aromatic carbocycles. The number of rotatable bonds is 7. The second-order valence-electron chi connectivity index (χ2n) is 7.91. The molecule has 1 aliphatic rings. The first-order valence-corrected chi connectivity index (χ1v) is 10.9. The van der Waals surface area contributed by atoms with Gasteiger partial charge in [-0.15, -0.1) is 13.2 Å². The number of carbonyl (C=O) groups is 2. The monoisotopic (exact) mass is 504 g/mol. The number of nitrogens with one attached hydrogen (secondary N) is 2. The van der Waals surface area contributed by atoms with Crippen LogP contribution in [0.3, 0.4) is 0 Å². The summed E-state index contributed by atoms with van der Waals surface area (Å²) in [5.41, 5.74) is 2.35. The third kappa shape index (κ3) is 5.92. The van der Waals surface area contributed by atoms with Crippen LogP contribution in [0.25, 0.3) is 11.1 Å². The van der Waals surface area contributed by atoms with Crippen molar-refractivity contribution in [3.8, 4) is 16.9 Å². The van der Waals surface area contributed by atoms with Gasteiger partial charge < -0.3 is 20.1 Å². The molecule has 2 aromatic heterocycles. The summed E-state index contributed by atoms with van der Waals surface area (Å²) in [6.45, 7) is 1.92. The SMILES string of the molecule is CCOCC(NC(=O)N1CC(=O)Nc2cc(-c3cnn(C)c3)cnc21)c1ccc(OC(F)(F)F)cc1. The van der Waals surface area contributed by atoms with Crippen molar-refractivity contribution >= 4 is 23.4 Å². The predicted octanol–water partition coefficient (Wildman–Crippen LogP) is 3.63. The van der Waals surface area contributed by atoms with Crippen molar-refractivity contribution in [2.24, 2.45) is 7.05 Å². The van der Waals surface area contributed by atoms with Gasteiger partial charge in [0.2, 0.25) is 5.91 Å². The number of alkyl halides is 3. The molecule has 10 nitrogen and oxygen atoms in total. The molecule has 1 aliphatic heterocycles. The second kappa shape index (κ2) is 10.2. The number of urea groups is 1. The largest absolute Gasteiger partial charge is 0.573 e. The van der Waals surface area contributed by atoms with Crippen molar-refractivity contribution in [2.45, 2.75) is 19.3 Å². The number of carbonyl (C=O) groups excluding carboxylic acids is 2. The topological polar surface area (TPSA) is 111 Å². The molecule has 0 radical (unpaired) electrons. The van der Waals surface area contributed by atoms with E-state index in [0.29, 0.717) is 23.4 Å². The molecule has 0 spiro atoms. The molecular formula is C23H23F3N6O4. The van der Waals surface area contributed by atoms with Crippen LogP contribution in [0.5, 0.6) is 5.75 Å². The Balaban J connectivity index is 1.55. The molecule has 0 saturated heterocycles. The molecule has 0 fully saturated rings. The molecule has 4 rings (SSSR count). The van der Waals surface area contributed by atoms with Crippen LogP contribution in [0.4, 0.5) is 29.5 Å². The maximum absolute atomic E-state index is 13.2.